The lowest BCUT2D eigenvalue weighted by Crippen LogP contribution is -2.26. The second-order valence-electron chi connectivity index (χ2n) is 9.25. The molecule has 1 saturated carbocycles. The van der Waals surface area contributed by atoms with Gasteiger partial charge in [0.2, 0.25) is 5.95 Å². The van der Waals surface area contributed by atoms with Crippen LogP contribution in [0.5, 0.6) is 5.75 Å². The molecule has 0 spiro atoms. The molecule has 1 fully saturated rings. The highest BCUT2D eigenvalue weighted by Crippen LogP contribution is 2.36. The molecule has 2 atom stereocenters. The highest BCUT2D eigenvalue weighted by Gasteiger charge is 2.30. The molecule has 0 amide bonds. The van der Waals surface area contributed by atoms with E-state index in [0.29, 0.717) is 12.4 Å². The van der Waals surface area contributed by atoms with Crippen LogP contribution in [0.2, 0.25) is 0 Å². The summed E-state index contributed by atoms with van der Waals surface area (Å²) in [6, 6.07) is 4.25. The van der Waals surface area contributed by atoms with Crippen molar-refractivity contribution < 1.29 is 14.6 Å². The first-order valence-electron chi connectivity index (χ1n) is 11.5. The first-order valence-corrected chi connectivity index (χ1v) is 11.5. The van der Waals surface area contributed by atoms with Crippen molar-refractivity contribution in [2.45, 2.75) is 51.6 Å². The summed E-state index contributed by atoms with van der Waals surface area (Å²) < 4.78 is 7.56. The highest BCUT2D eigenvalue weighted by atomic mass is 16.5. The molecule has 9 nitrogen and oxygen atoms in total. The van der Waals surface area contributed by atoms with Gasteiger partial charge in [-0.25, -0.2) is 9.67 Å². The number of nitrogens with one attached hydrogen (secondary N) is 1. The molecule has 1 aliphatic carbocycles. The maximum atomic E-state index is 11.6. The lowest BCUT2D eigenvalue weighted by molar-refractivity contribution is -0.143. The lowest BCUT2D eigenvalue weighted by atomic mass is 9.86. The normalized spacial score (nSPS) is 21.1. The van der Waals surface area contributed by atoms with Gasteiger partial charge in [-0.05, 0) is 62.9 Å². The number of carboxylic acids is 1. The van der Waals surface area contributed by atoms with Gasteiger partial charge in [-0.3, -0.25) is 4.79 Å². The summed E-state index contributed by atoms with van der Waals surface area (Å²) in [7, 11) is 3.80. The molecule has 1 aliphatic heterocycles. The molecule has 2 aromatic heterocycles. The fourth-order valence-electron chi connectivity index (χ4n) is 5.11. The van der Waals surface area contributed by atoms with Gasteiger partial charge in [-0.1, -0.05) is 6.42 Å². The summed E-state index contributed by atoms with van der Waals surface area (Å²) in [5.74, 6) is 0.176. The predicted molar refractivity (Wildman–Crippen MR) is 125 cm³/mol. The molecule has 0 unspecified atom stereocenters. The topological polar surface area (TPSA) is 105 Å². The first kappa shape index (κ1) is 21.6. The number of anilines is 2. The molecule has 2 aliphatic rings. The highest BCUT2D eigenvalue weighted by molar-refractivity contribution is 5.79. The summed E-state index contributed by atoms with van der Waals surface area (Å²) in [4.78, 5) is 23.2. The number of nitrogens with zero attached hydrogens (tertiary/aromatic N) is 5. The smallest absolute Gasteiger partial charge is 0.306 e. The van der Waals surface area contributed by atoms with E-state index in [1.165, 1.54) is 11.1 Å². The van der Waals surface area contributed by atoms with Crippen LogP contribution in [0.1, 0.15) is 48.5 Å². The van der Waals surface area contributed by atoms with Crippen LogP contribution >= 0.6 is 0 Å². The van der Waals surface area contributed by atoms with E-state index in [4.69, 9.17) is 14.8 Å². The van der Waals surface area contributed by atoms with Gasteiger partial charge < -0.3 is 20.1 Å². The summed E-state index contributed by atoms with van der Waals surface area (Å²) in [6.45, 7) is 3.87. The molecule has 9 heteroatoms. The maximum absolute atomic E-state index is 11.6. The van der Waals surface area contributed by atoms with Crippen LogP contribution in [0.15, 0.2) is 18.3 Å². The van der Waals surface area contributed by atoms with E-state index in [1.54, 1.807) is 13.3 Å². The second kappa shape index (κ2) is 8.62. The van der Waals surface area contributed by atoms with Crippen molar-refractivity contribution in [1.29, 1.82) is 0 Å². The Morgan fingerprint density at radius 3 is 2.91 bits per heavy atom. The van der Waals surface area contributed by atoms with E-state index >= 15 is 0 Å². The van der Waals surface area contributed by atoms with Gasteiger partial charge in [0.25, 0.3) is 0 Å². The predicted octanol–water partition coefficient (Wildman–Crippen LogP) is 3.69. The number of methoxy groups -OCH3 is 1. The number of aromatic nitrogens is 4. The van der Waals surface area contributed by atoms with Crippen LogP contribution in [0.25, 0.3) is 11.0 Å². The maximum Gasteiger partial charge on any atom is 0.306 e. The summed E-state index contributed by atoms with van der Waals surface area (Å²) in [6.07, 6.45) is 5.86. The van der Waals surface area contributed by atoms with Gasteiger partial charge in [0, 0.05) is 19.3 Å². The zero-order valence-corrected chi connectivity index (χ0v) is 19.3. The molecule has 3 heterocycles. The minimum atomic E-state index is -0.727. The van der Waals surface area contributed by atoms with E-state index < -0.39 is 5.97 Å². The zero-order valence-electron chi connectivity index (χ0n) is 19.3. The Balaban J connectivity index is 1.48. The van der Waals surface area contributed by atoms with Crippen molar-refractivity contribution in [3.63, 3.8) is 0 Å². The molecule has 5 rings (SSSR count). The van der Waals surface area contributed by atoms with Gasteiger partial charge in [0.05, 0.1) is 35.8 Å². The van der Waals surface area contributed by atoms with Crippen molar-refractivity contribution in [2.75, 3.05) is 26.0 Å². The Kier molecular flexibility index (Phi) is 5.65. The molecule has 0 saturated heterocycles. The SMILES string of the molecule is COc1cc2c(cc1Nc1ncc3c(C)nn([C@@H]4CCC[C@@H](C(=O)O)C4)c3n1)CN(C)CC2. The number of carboxylic acid groups (broad SMARTS) is 1. The van der Waals surface area contributed by atoms with Crippen LogP contribution in [-0.2, 0) is 17.8 Å². The van der Waals surface area contributed by atoms with Gasteiger partial charge in [-0.15, -0.1) is 0 Å². The van der Waals surface area contributed by atoms with E-state index in [9.17, 15) is 9.90 Å². The van der Waals surface area contributed by atoms with Crippen LogP contribution in [0.4, 0.5) is 11.6 Å². The minimum Gasteiger partial charge on any atom is -0.495 e. The zero-order chi connectivity index (χ0) is 23.1. The molecular weight excluding hydrogens is 420 g/mol. The fraction of sp³-hybridized carbons (Fsp3) is 0.500. The number of fused-ring (bicyclic) bond motifs is 2. The summed E-state index contributed by atoms with van der Waals surface area (Å²) in [5.41, 5.74) is 5.00. The third kappa shape index (κ3) is 4.13. The number of likely N-dealkylation sites (N-methyl/N-ethyl adjacent to an activating group) is 1. The first-order chi connectivity index (χ1) is 15.9. The van der Waals surface area contributed by atoms with Crippen LogP contribution in [-0.4, -0.2) is 56.4 Å². The van der Waals surface area contributed by atoms with Crippen LogP contribution < -0.4 is 10.1 Å². The Morgan fingerprint density at radius 2 is 2.12 bits per heavy atom. The molecular formula is C24H30N6O3. The average molecular weight is 451 g/mol. The van der Waals surface area contributed by atoms with Crippen LogP contribution in [0.3, 0.4) is 0 Å². The number of benzene rings is 1. The molecule has 3 aromatic rings. The molecule has 33 heavy (non-hydrogen) atoms. The number of ether oxygens (including phenoxy) is 1. The van der Waals surface area contributed by atoms with Crippen LogP contribution in [0, 0.1) is 12.8 Å². The van der Waals surface area contributed by atoms with Crippen molar-refractivity contribution in [3.8, 4) is 5.75 Å². The van der Waals surface area contributed by atoms with Gasteiger partial charge >= 0.3 is 5.97 Å². The molecule has 1 aromatic carbocycles. The van der Waals surface area contributed by atoms with Crippen molar-refractivity contribution in [1.82, 2.24) is 24.6 Å². The molecule has 0 radical (unpaired) electrons. The molecule has 174 valence electrons. The van der Waals surface area contributed by atoms with Crippen molar-refractivity contribution in [2.24, 2.45) is 5.92 Å². The Hall–Kier alpha value is -3.20. The third-order valence-electron chi connectivity index (χ3n) is 6.95. The van der Waals surface area contributed by atoms with Crippen molar-refractivity contribution >= 4 is 28.6 Å². The van der Waals surface area contributed by atoms with E-state index in [1.807, 2.05) is 11.6 Å². The van der Waals surface area contributed by atoms with Gasteiger partial charge in [-0.2, -0.15) is 10.1 Å². The van der Waals surface area contributed by atoms with E-state index in [-0.39, 0.29) is 12.0 Å². The Labute approximate surface area is 192 Å². The second-order valence-corrected chi connectivity index (χ2v) is 9.25. The third-order valence-corrected chi connectivity index (χ3v) is 6.95. The Morgan fingerprint density at radius 1 is 1.27 bits per heavy atom. The fourth-order valence-corrected chi connectivity index (χ4v) is 5.11. The van der Waals surface area contributed by atoms with E-state index in [0.717, 1.165) is 66.9 Å². The largest absolute Gasteiger partial charge is 0.495 e. The number of aryl methyl sites for hydroxylation is 1. The van der Waals surface area contributed by atoms with Gasteiger partial charge in [0.1, 0.15) is 5.75 Å². The number of rotatable bonds is 5. The van der Waals surface area contributed by atoms with Crippen molar-refractivity contribution in [3.05, 3.63) is 35.2 Å². The monoisotopic (exact) mass is 450 g/mol. The summed E-state index contributed by atoms with van der Waals surface area (Å²) >= 11 is 0. The lowest BCUT2D eigenvalue weighted by Gasteiger charge is -2.27. The number of hydrogen-bond donors (Lipinski definition) is 2. The molecule has 0 bridgehead atoms. The molecule has 2 N–H and O–H groups in total. The number of carbonyl (C=O) groups is 1. The summed E-state index contributed by atoms with van der Waals surface area (Å²) in [5, 5.41) is 18.4. The van der Waals surface area contributed by atoms with Gasteiger partial charge in [0.15, 0.2) is 5.65 Å². The number of hydrogen-bond acceptors (Lipinski definition) is 7. The number of aliphatic carboxylic acids is 1. The standard InChI is InChI=1S/C24H30N6O3/c1-14-19-12-25-24(26-20-10-17-13-29(2)8-7-15(17)11-21(20)33-3)27-22(19)30(28-14)18-6-4-5-16(9-18)23(31)32/h10-12,16,18H,4-9,13H2,1-3H3,(H,31,32)(H,25,26,27)/t16-,18-/m1/s1. The minimum absolute atomic E-state index is 0.0209. The average Bonchev–Trinajstić information content (AvgIpc) is 3.14. The van der Waals surface area contributed by atoms with E-state index in [2.05, 4.69) is 34.4 Å². The quantitative estimate of drug-likeness (QED) is 0.606. The Bertz CT molecular complexity index is 1210.